The fraction of sp³-hybridized carbons (Fsp3) is 0.588. The Kier molecular flexibility index (Phi) is 6.46. The van der Waals surface area contributed by atoms with Crippen LogP contribution in [0.2, 0.25) is 0 Å². The number of thiophene rings is 1. The van der Waals surface area contributed by atoms with Gasteiger partial charge in [-0.15, -0.1) is 11.3 Å². The molecule has 5 nitrogen and oxygen atoms in total. The van der Waals surface area contributed by atoms with E-state index < -0.39 is 6.04 Å². The monoisotopic (exact) mass is 368 g/mol. The highest BCUT2D eigenvalue weighted by Gasteiger charge is 2.23. The molecular weight excluding hydrogens is 344 g/mol. The first kappa shape index (κ1) is 19.0. The fourth-order valence-electron chi connectivity index (χ4n) is 2.31. The lowest BCUT2D eigenvalue weighted by Crippen LogP contribution is -2.31. The number of ether oxygens (including phenoxy) is 1. The highest BCUT2D eigenvalue weighted by molar-refractivity contribution is 7.98. The van der Waals surface area contributed by atoms with E-state index in [9.17, 15) is 9.59 Å². The number of rotatable bonds is 7. The number of thioether (sulfide) groups is 1. The molecule has 0 aliphatic rings. The summed E-state index contributed by atoms with van der Waals surface area (Å²) >= 11 is 2.90. The van der Waals surface area contributed by atoms with Crippen LogP contribution in [0.25, 0.3) is 10.2 Å². The third kappa shape index (κ3) is 4.00. The standard InChI is InChI=1S/C17H24N2O3S2/c1-6-12-9-13-14(24-12)18-17(23-5)19(15(13)20)11(4)16(21)22-8-7-10(2)3/h9-11H,6-8H2,1-5H3. The molecule has 0 amide bonds. The number of hydrogen-bond acceptors (Lipinski definition) is 6. The van der Waals surface area contributed by atoms with E-state index in [-0.39, 0.29) is 11.5 Å². The van der Waals surface area contributed by atoms with E-state index in [1.165, 1.54) is 27.7 Å². The summed E-state index contributed by atoms with van der Waals surface area (Å²) < 4.78 is 6.78. The van der Waals surface area contributed by atoms with Crippen molar-refractivity contribution < 1.29 is 9.53 Å². The maximum absolute atomic E-state index is 12.9. The van der Waals surface area contributed by atoms with Crippen LogP contribution in [0.4, 0.5) is 0 Å². The van der Waals surface area contributed by atoms with Gasteiger partial charge in [-0.1, -0.05) is 32.5 Å². The number of fused-ring (bicyclic) bond motifs is 1. The van der Waals surface area contributed by atoms with Crippen molar-refractivity contribution in [3.63, 3.8) is 0 Å². The van der Waals surface area contributed by atoms with E-state index >= 15 is 0 Å². The molecule has 132 valence electrons. The van der Waals surface area contributed by atoms with Crippen LogP contribution in [0.15, 0.2) is 16.0 Å². The molecule has 0 aliphatic carbocycles. The van der Waals surface area contributed by atoms with Crippen LogP contribution < -0.4 is 5.56 Å². The van der Waals surface area contributed by atoms with Gasteiger partial charge in [-0.25, -0.2) is 9.78 Å². The van der Waals surface area contributed by atoms with Crippen molar-refractivity contribution in [2.75, 3.05) is 12.9 Å². The summed E-state index contributed by atoms with van der Waals surface area (Å²) in [6, 6.07) is 1.20. The van der Waals surface area contributed by atoms with Gasteiger partial charge in [-0.3, -0.25) is 9.36 Å². The number of carbonyl (C=O) groups is 1. The predicted molar refractivity (Wildman–Crippen MR) is 100 cm³/mol. The third-order valence-corrected chi connectivity index (χ3v) is 5.64. The SMILES string of the molecule is CCc1cc2c(=O)n(C(C)C(=O)OCCC(C)C)c(SC)nc2s1. The highest BCUT2D eigenvalue weighted by Crippen LogP contribution is 2.26. The van der Waals surface area contributed by atoms with Crippen LogP contribution >= 0.6 is 23.1 Å². The van der Waals surface area contributed by atoms with Crippen LogP contribution in [-0.2, 0) is 16.0 Å². The van der Waals surface area contributed by atoms with E-state index in [4.69, 9.17) is 4.74 Å². The molecule has 0 bridgehead atoms. The van der Waals surface area contributed by atoms with Crippen molar-refractivity contribution in [2.24, 2.45) is 5.92 Å². The topological polar surface area (TPSA) is 61.2 Å². The quantitative estimate of drug-likeness (QED) is 0.421. The minimum atomic E-state index is -0.686. The van der Waals surface area contributed by atoms with Gasteiger partial charge in [-0.2, -0.15) is 0 Å². The Hall–Kier alpha value is -1.34. The zero-order valence-electron chi connectivity index (χ0n) is 14.8. The van der Waals surface area contributed by atoms with Crippen molar-refractivity contribution >= 4 is 39.3 Å². The van der Waals surface area contributed by atoms with Crippen LogP contribution in [0.1, 0.15) is 45.0 Å². The number of hydrogen-bond donors (Lipinski definition) is 0. The summed E-state index contributed by atoms with van der Waals surface area (Å²) in [5.41, 5.74) is -0.173. The first-order valence-electron chi connectivity index (χ1n) is 8.14. The Labute approximate surface area is 150 Å². The molecule has 7 heteroatoms. The maximum Gasteiger partial charge on any atom is 0.329 e. The summed E-state index contributed by atoms with van der Waals surface area (Å²) in [6.07, 6.45) is 3.53. The molecule has 0 aromatic carbocycles. The summed E-state index contributed by atoms with van der Waals surface area (Å²) in [5, 5.41) is 1.13. The summed E-state index contributed by atoms with van der Waals surface area (Å²) in [5.74, 6) is 0.0778. The van der Waals surface area contributed by atoms with Crippen LogP contribution in [0.3, 0.4) is 0 Å². The number of esters is 1. The van der Waals surface area contributed by atoms with E-state index in [1.807, 2.05) is 19.2 Å². The smallest absolute Gasteiger partial charge is 0.329 e. The van der Waals surface area contributed by atoms with Crippen molar-refractivity contribution in [3.8, 4) is 0 Å². The molecule has 2 heterocycles. The molecule has 0 aliphatic heterocycles. The number of carbonyl (C=O) groups excluding carboxylic acids is 1. The van der Waals surface area contributed by atoms with Crippen molar-refractivity contribution in [3.05, 3.63) is 21.3 Å². The molecule has 1 unspecified atom stereocenters. The van der Waals surface area contributed by atoms with Crippen LogP contribution in [0.5, 0.6) is 0 Å². The van der Waals surface area contributed by atoms with Crippen molar-refractivity contribution in [2.45, 2.75) is 51.7 Å². The zero-order chi connectivity index (χ0) is 17.9. The number of aromatic nitrogens is 2. The lowest BCUT2D eigenvalue weighted by atomic mass is 10.1. The van der Waals surface area contributed by atoms with Crippen molar-refractivity contribution in [1.82, 2.24) is 9.55 Å². The fourth-order valence-corrected chi connectivity index (χ4v) is 3.94. The predicted octanol–water partition coefficient (Wildman–Crippen LogP) is 3.89. The van der Waals surface area contributed by atoms with E-state index in [2.05, 4.69) is 18.8 Å². The van der Waals surface area contributed by atoms with Crippen LogP contribution in [0, 0.1) is 5.92 Å². The van der Waals surface area contributed by atoms with Gasteiger partial charge in [0.2, 0.25) is 0 Å². The second-order valence-corrected chi connectivity index (χ2v) is 7.97. The average Bonchev–Trinajstić information content (AvgIpc) is 2.97. The van der Waals surface area contributed by atoms with Crippen molar-refractivity contribution in [1.29, 1.82) is 0 Å². The summed E-state index contributed by atoms with van der Waals surface area (Å²) in [6.45, 7) is 8.27. The molecule has 2 aromatic rings. The Morgan fingerprint density at radius 1 is 1.42 bits per heavy atom. The first-order valence-corrected chi connectivity index (χ1v) is 10.2. The highest BCUT2D eigenvalue weighted by atomic mass is 32.2. The van der Waals surface area contributed by atoms with Gasteiger partial charge in [0.1, 0.15) is 10.9 Å². The summed E-state index contributed by atoms with van der Waals surface area (Å²) in [4.78, 5) is 31.6. The molecule has 1 atom stereocenters. The molecule has 2 rings (SSSR count). The Morgan fingerprint density at radius 3 is 2.71 bits per heavy atom. The molecule has 0 saturated carbocycles. The van der Waals surface area contributed by atoms with Gasteiger partial charge >= 0.3 is 5.97 Å². The Bertz CT molecular complexity index is 780. The molecule has 0 radical (unpaired) electrons. The minimum absolute atomic E-state index is 0.173. The maximum atomic E-state index is 12.9. The second kappa shape index (κ2) is 8.16. The second-order valence-electron chi connectivity index (χ2n) is 6.08. The summed E-state index contributed by atoms with van der Waals surface area (Å²) in [7, 11) is 0. The minimum Gasteiger partial charge on any atom is -0.464 e. The molecule has 0 fully saturated rings. The normalized spacial score (nSPS) is 12.8. The molecule has 0 N–H and O–H groups in total. The Balaban J connectivity index is 2.37. The Morgan fingerprint density at radius 2 is 2.12 bits per heavy atom. The third-order valence-electron chi connectivity index (χ3n) is 3.81. The molecular formula is C17H24N2O3S2. The largest absolute Gasteiger partial charge is 0.464 e. The molecule has 0 spiro atoms. The van der Waals surface area contributed by atoms with Gasteiger partial charge in [0, 0.05) is 4.88 Å². The van der Waals surface area contributed by atoms with Gasteiger partial charge < -0.3 is 4.74 Å². The number of aryl methyl sites for hydroxylation is 1. The molecule has 24 heavy (non-hydrogen) atoms. The lowest BCUT2D eigenvalue weighted by Gasteiger charge is -2.17. The first-order chi connectivity index (χ1) is 11.4. The number of nitrogens with zero attached hydrogens (tertiary/aromatic N) is 2. The average molecular weight is 369 g/mol. The molecule has 2 aromatic heterocycles. The lowest BCUT2D eigenvalue weighted by molar-refractivity contribution is -0.147. The van der Waals surface area contributed by atoms with E-state index in [1.54, 1.807) is 6.92 Å². The van der Waals surface area contributed by atoms with Gasteiger partial charge in [0.25, 0.3) is 5.56 Å². The van der Waals surface area contributed by atoms with E-state index in [0.717, 1.165) is 22.5 Å². The van der Waals surface area contributed by atoms with E-state index in [0.29, 0.717) is 23.1 Å². The molecule has 0 saturated heterocycles. The van der Waals surface area contributed by atoms with Gasteiger partial charge in [0.05, 0.1) is 12.0 Å². The van der Waals surface area contributed by atoms with Gasteiger partial charge in [-0.05, 0) is 38.0 Å². The zero-order valence-corrected chi connectivity index (χ0v) is 16.4. The van der Waals surface area contributed by atoms with Gasteiger partial charge in [0.15, 0.2) is 5.16 Å². The van der Waals surface area contributed by atoms with Crippen LogP contribution in [-0.4, -0.2) is 28.4 Å².